The number of ketones is 1. The van der Waals surface area contributed by atoms with E-state index >= 15 is 0 Å². The number of anilines is 1. The number of aryl methyl sites for hydroxylation is 2. The molecule has 1 aliphatic heterocycles. The molecule has 1 aliphatic carbocycles. The molecule has 2 aromatic rings. The minimum absolute atomic E-state index is 0.00506. The van der Waals surface area contributed by atoms with Crippen LogP contribution in [0.3, 0.4) is 0 Å². The number of fused-ring (bicyclic) bond motifs is 1. The Bertz CT molecular complexity index is 990. The van der Waals surface area contributed by atoms with Crippen molar-refractivity contribution in [2.75, 3.05) is 18.4 Å². The zero-order chi connectivity index (χ0) is 21.1. The topological polar surface area (TPSA) is 66.5 Å². The summed E-state index contributed by atoms with van der Waals surface area (Å²) in [5, 5.41) is 2.88. The van der Waals surface area contributed by atoms with E-state index in [1.54, 1.807) is 12.1 Å². The average molecular weight is 405 g/mol. The Labute approximate surface area is 177 Å². The number of nitrogens with zero attached hydrogens (tertiary/aromatic N) is 1. The van der Waals surface area contributed by atoms with Crippen molar-refractivity contribution in [3.05, 3.63) is 64.2 Å². The van der Waals surface area contributed by atoms with Gasteiger partial charge >= 0.3 is 0 Å². The number of amides is 2. The van der Waals surface area contributed by atoms with Gasteiger partial charge in [0.25, 0.3) is 5.91 Å². The molecule has 0 bridgehead atoms. The maximum atomic E-state index is 12.7. The van der Waals surface area contributed by atoms with Crippen molar-refractivity contribution in [1.82, 2.24) is 4.90 Å². The molecule has 1 N–H and O–H groups in total. The van der Waals surface area contributed by atoms with Gasteiger partial charge in [0, 0.05) is 42.7 Å². The first kappa shape index (κ1) is 20.3. The van der Waals surface area contributed by atoms with E-state index in [1.807, 2.05) is 36.1 Å². The molecule has 156 valence electrons. The summed E-state index contributed by atoms with van der Waals surface area (Å²) in [7, 11) is 0. The summed E-state index contributed by atoms with van der Waals surface area (Å²) in [4.78, 5) is 39.6. The molecule has 0 unspecified atom stereocenters. The van der Waals surface area contributed by atoms with Crippen molar-refractivity contribution in [1.29, 1.82) is 0 Å². The predicted molar refractivity (Wildman–Crippen MR) is 117 cm³/mol. The van der Waals surface area contributed by atoms with Crippen LogP contribution in [0, 0.1) is 6.92 Å². The van der Waals surface area contributed by atoms with Gasteiger partial charge < -0.3 is 10.2 Å². The Kier molecular flexibility index (Phi) is 5.98. The first-order valence-electron chi connectivity index (χ1n) is 10.9. The third kappa shape index (κ3) is 4.30. The van der Waals surface area contributed by atoms with Crippen LogP contribution in [0.1, 0.15) is 69.5 Å². The molecule has 30 heavy (non-hydrogen) atoms. The van der Waals surface area contributed by atoms with Crippen LogP contribution in [-0.4, -0.2) is 35.6 Å². The quantitative estimate of drug-likeness (QED) is 0.729. The number of rotatable bonds is 6. The third-order valence-corrected chi connectivity index (χ3v) is 6.23. The van der Waals surface area contributed by atoms with Crippen LogP contribution in [0.5, 0.6) is 0 Å². The lowest BCUT2D eigenvalue weighted by molar-refractivity contribution is -0.116. The van der Waals surface area contributed by atoms with Gasteiger partial charge in [-0.25, -0.2) is 0 Å². The lowest BCUT2D eigenvalue weighted by atomic mass is 10.0. The molecule has 1 saturated heterocycles. The maximum absolute atomic E-state index is 12.7. The van der Waals surface area contributed by atoms with Gasteiger partial charge in [-0.2, -0.15) is 0 Å². The molecule has 1 fully saturated rings. The third-order valence-electron chi connectivity index (χ3n) is 6.23. The van der Waals surface area contributed by atoms with Gasteiger partial charge in [0.1, 0.15) is 0 Å². The Balaban J connectivity index is 1.36. The molecule has 2 amide bonds. The van der Waals surface area contributed by atoms with Gasteiger partial charge in [0.15, 0.2) is 5.78 Å². The SMILES string of the molecule is Cc1c(NC(=O)CCC(=O)c2ccc3c(c2)CCC3)cccc1C(=O)N1CCCC1. The molecule has 2 aliphatic rings. The summed E-state index contributed by atoms with van der Waals surface area (Å²) in [5.74, 6) is -0.194. The molecule has 0 spiro atoms. The fourth-order valence-electron chi connectivity index (χ4n) is 4.42. The number of Topliss-reactive ketones (excluding diaryl/α,β-unsaturated/α-hetero) is 1. The van der Waals surface area contributed by atoms with Crippen molar-refractivity contribution < 1.29 is 14.4 Å². The number of likely N-dealkylation sites (tertiary alicyclic amines) is 1. The van der Waals surface area contributed by atoms with E-state index < -0.39 is 0 Å². The largest absolute Gasteiger partial charge is 0.339 e. The summed E-state index contributed by atoms with van der Waals surface area (Å²) >= 11 is 0. The van der Waals surface area contributed by atoms with Crippen molar-refractivity contribution in [2.45, 2.75) is 51.9 Å². The number of carbonyl (C=O) groups is 3. The Morgan fingerprint density at radius 1 is 0.933 bits per heavy atom. The van der Waals surface area contributed by atoms with Crippen LogP contribution in [-0.2, 0) is 17.6 Å². The van der Waals surface area contributed by atoms with Gasteiger partial charge in [-0.3, -0.25) is 14.4 Å². The van der Waals surface area contributed by atoms with E-state index in [4.69, 9.17) is 0 Å². The van der Waals surface area contributed by atoms with Crippen LogP contribution < -0.4 is 5.32 Å². The van der Waals surface area contributed by atoms with Crippen molar-refractivity contribution in [3.63, 3.8) is 0 Å². The molecule has 0 radical (unpaired) electrons. The molecule has 0 atom stereocenters. The summed E-state index contributed by atoms with van der Waals surface area (Å²) in [6.07, 6.45) is 5.65. The molecular weight excluding hydrogens is 376 g/mol. The lowest BCUT2D eigenvalue weighted by Gasteiger charge is -2.18. The van der Waals surface area contributed by atoms with Crippen LogP contribution in [0.15, 0.2) is 36.4 Å². The summed E-state index contributed by atoms with van der Waals surface area (Å²) in [6.45, 7) is 3.44. The van der Waals surface area contributed by atoms with E-state index in [1.165, 1.54) is 11.1 Å². The second kappa shape index (κ2) is 8.82. The second-order valence-corrected chi connectivity index (χ2v) is 8.29. The first-order chi connectivity index (χ1) is 14.5. The number of hydrogen-bond acceptors (Lipinski definition) is 3. The van der Waals surface area contributed by atoms with Gasteiger partial charge in [-0.1, -0.05) is 18.2 Å². The van der Waals surface area contributed by atoms with Gasteiger partial charge in [0.05, 0.1) is 0 Å². The van der Waals surface area contributed by atoms with E-state index in [2.05, 4.69) is 5.32 Å². The van der Waals surface area contributed by atoms with Crippen LogP contribution in [0.4, 0.5) is 5.69 Å². The molecule has 0 saturated carbocycles. The molecule has 5 heteroatoms. The Morgan fingerprint density at radius 2 is 1.70 bits per heavy atom. The maximum Gasteiger partial charge on any atom is 0.254 e. The molecule has 5 nitrogen and oxygen atoms in total. The Morgan fingerprint density at radius 3 is 2.50 bits per heavy atom. The van der Waals surface area contributed by atoms with Crippen molar-refractivity contribution in [2.24, 2.45) is 0 Å². The minimum Gasteiger partial charge on any atom is -0.339 e. The van der Waals surface area contributed by atoms with E-state index in [-0.39, 0.29) is 30.4 Å². The van der Waals surface area contributed by atoms with Crippen LogP contribution >= 0.6 is 0 Å². The summed E-state index contributed by atoms with van der Waals surface area (Å²) in [6, 6.07) is 11.3. The van der Waals surface area contributed by atoms with E-state index in [0.717, 1.165) is 50.8 Å². The lowest BCUT2D eigenvalue weighted by Crippen LogP contribution is -2.28. The Hall–Kier alpha value is -2.95. The van der Waals surface area contributed by atoms with Crippen molar-refractivity contribution in [3.8, 4) is 0 Å². The second-order valence-electron chi connectivity index (χ2n) is 8.29. The van der Waals surface area contributed by atoms with Crippen LogP contribution in [0.25, 0.3) is 0 Å². The number of nitrogens with one attached hydrogen (secondary N) is 1. The predicted octanol–water partition coefficient (Wildman–Crippen LogP) is 4.32. The normalized spacial score (nSPS) is 15.2. The highest BCUT2D eigenvalue weighted by Gasteiger charge is 2.22. The van der Waals surface area contributed by atoms with Gasteiger partial charge in [-0.05, 0) is 73.9 Å². The summed E-state index contributed by atoms with van der Waals surface area (Å²) in [5.41, 5.74) is 5.33. The molecule has 1 heterocycles. The van der Waals surface area contributed by atoms with E-state index in [9.17, 15) is 14.4 Å². The van der Waals surface area contributed by atoms with Gasteiger partial charge in [-0.15, -0.1) is 0 Å². The van der Waals surface area contributed by atoms with E-state index in [0.29, 0.717) is 16.8 Å². The monoisotopic (exact) mass is 404 g/mol. The van der Waals surface area contributed by atoms with Crippen LogP contribution in [0.2, 0.25) is 0 Å². The highest BCUT2D eigenvalue weighted by Crippen LogP contribution is 2.24. The molecule has 2 aromatic carbocycles. The molecule has 0 aromatic heterocycles. The highest BCUT2D eigenvalue weighted by atomic mass is 16.2. The summed E-state index contributed by atoms with van der Waals surface area (Å²) < 4.78 is 0. The first-order valence-corrected chi connectivity index (χ1v) is 10.9. The average Bonchev–Trinajstić information content (AvgIpc) is 3.44. The number of hydrogen-bond donors (Lipinski definition) is 1. The zero-order valence-corrected chi connectivity index (χ0v) is 17.5. The molecular formula is C25H28N2O3. The number of benzene rings is 2. The van der Waals surface area contributed by atoms with Crippen molar-refractivity contribution >= 4 is 23.3 Å². The minimum atomic E-state index is -0.210. The molecule has 4 rings (SSSR count). The zero-order valence-electron chi connectivity index (χ0n) is 17.5. The van der Waals surface area contributed by atoms with Gasteiger partial charge in [0.2, 0.25) is 5.91 Å². The smallest absolute Gasteiger partial charge is 0.254 e. The number of carbonyl (C=O) groups excluding carboxylic acids is 3. The standard InChI is InChI=1S/C25H28N2O3/c1-17-21(25(30)27-14-2-3-15-27)8-5-9-22(17)26-24(29)13-12-23(28)20-11-10-18-6-4-7-19(18)16-20/h5,8-11,16H,2-4,6-7,12-15H2,1H3,(H,26,29). The highest BCUT2D eigenvalue weighted by molar-refractivity contribution is 6.02. The fourth-order valence-corrected chi connectivity index (χ4v) is 4.42. The fraction of sp³-hybridized carbons (Fsp3) is 0.400.